The Morgan fingerprint density at radius 1 is 1.37 bits per heavy atom. The highest BCUT2D eigenvalue weighted by Crippen LogP contribution is 2.33. The lowest BCUT2D eigenvalue weighted by molar-refractivity contribution is 0.199. The Morgan fingerprint density at radius 2 is 2.16 bits per heavy atom. The van der Waals surface area contributed by atoms with Crippen molar-refractivity contribution in [2.75, 3.05) is 11.4 Å². The minimum atomic E-state index is -0.461. The summed E-state index contributed by atoms with van der Waals surface area (Å²) in [4.78, 5) is 2.46. The predicted molar refractivity (Wildman–Crippen MR) is 82.0 cm³/mol. The molecule has 0 aromatic heterocycles. The summed E-state index contributed by atoms with van der Waals surface area (Å²) in [5.41, 5.74) is 2.01. The number of benzene rings is 1. The SMILES string of the molecule is CCC1CCCCCN1c1ccc([C@H](C)O)cc1Cl. The average molecular weight is 282 g/mol. The van der Waals surface area contributed by atoms with Crippen LogP contribution in [0.3, 0.4) is 0 Å². The van der Waals surface area contributed by atoms with Crippen molar-refractivity contribution in [3.8, 4) is 0 Å². The molecule has 1 N–H and O–H groups in total. The first-order valence-corrected chi connectivity index (χ1v) is 7.75. The van der Waals surface area contributed by atoms with Gasteiger partial charge in [-0.25, -0.2) is 0 Å². The second-order valence-electron chi connectivity index (χ2n) is 5.49. The van der Waals surface area contributed by atoms with E-state index in [1.54, 1.807) is 6.92 Å². The molecule has 106 valence electrons. The lowest BCUT2D eigenvalue weighted by Gasteiger charge is -2.32. The van der Waals surface area contributed by atoms with E-state index in [4.69, 9.17) is 11.6 Å². The van der Waals surface area contributed by atoms with Crippen LogP contribution in [-0.4, -0.2) is 17.7 Å². The lowest BCUT2D eigenvalue weighted by atomic mass is 10.1. The highest BCUT2D eigenvalue weighted by Gasteiger charge is 2.21. The molecule has 1 aromatic carbocycles. The van der Waals surface area contributed by atoms with E-state index in [2.05, 4.69) is 17.9 Å². The van der Waals surface area contributed by atoms with E-state index in [1.807, 2.05) is 12.1 Å². The van der Waals surface area contributed by atoms with Crippen molar-refractivity contribution in [3.05, 3.63) is 28.8 Å². The summed E-state index contributed by atoms with van der Waals surface area (Å²) in [6.07, 6.45) is 5.83. The lowest BCUT2D eigenvalue weighted by Crippen LogP contribution is -2.34. The number of aliphatic hydroxyl groups excluding tert-OH is 1. The van der Waals surface area contributed by atoms with Crippen LogP contribution in [0.15, 0.2) is 18.2 Å². The molecule has 0 radical (unpaired) electrons. The van der Waals surface area contributed by atoms with Crippen LogP contribution in [0.5, 0.6) is 0 Å². The van der Waals surface area contributed by atoms with Gasteiger partial charge in [-0.3, -0.25) is 0 Å². The zero-order valence-corrected chi connectivity index (χ0v) is 12.7. The van der Waals surface area contributed by atoms with E-state index in [-0.39, 0.29) is 0 Å². The third-order valence-electron chi connectivity index (χ3n) is 4.11. The van der Waals surface area contributed by atoms with Crippen LogP contribution in [0.4, 0.5) is 5.69 Å². The number of hydrogen-bond donors (Lipinski definition) is 1. The Kier molecular flexibility index (Phi) is 5.12. The monoisotopic (exact) mass is 281 g/mol. The predicted octanol–water partition coefficient (Wildman–Crippen LogP) is 4.55. The van der Waals surface area contributed by atoms with Crippen LogP contribution in [0.1, 0.15) is 57.6 Å². The Labute approximate surface area is 121 Å². The molecule has 0 bridgehead atoms. The molecule has 1 unspecified atom stereocenters. The molecule has 2 atom stereocenters. The van der Waals surface area contributed by atoms with Gasteiger partial charge in [0.15, 0.2) is 0 Å². The molecular formula is C16H24ClNO. The van der Waals surface area contributed by atoms with Crippen LogP contribution in [0, 0.1) is 0 Å². The fourth-order valence-corrected chi connectivity index (χ4v) is 3.23. The fourth-order valence-electron chi connectivity index (χ4n) is 2.93. The van der Waals surface area contributed by atoms with Gasteiger partial charge >= 0.3 is 0 Å². The van der Waals surface area contributed by atoms with E-state index in [1.165, 1.54) is 25.7 Å². The Hall–Kier alpha value is -0.730. The van der Waals surface area contributed by atoms with Gasteiger partial charge in [-0.2, -0.15) is 0 Å². The summed E-state index contributed by atoms with van der Waals surface area (Å²) >= 11 is 6.43. The molecule has 2 nitrogen and oxygen atoms in total. The van der Waals surface area contributed by atoms with Crippen molar-refractivity contribution in [3.63, 3.8) is 0 Å². The van der Waals surface area contributed by atoms with Crippen LogP contribution in [-0.2, 0) is 0 Å². The number of anilines is 1. The van der Waals surface area contributed by atoms with Gasteiger partial charge < -0.3 is 10.0 Å². The van der Waals surface area contributed by atoms with Gasteiger partial charge in [0.1, 0.15) is 0 Å². The van der Waals surface area contributed by atoms with Crippen molar-refractivity contribution in [2.24, 2.45) is 0 Å². The van der Waals surface area contributed by atoms with Crippen LogP contribution >= 0.6 is 11.6 Å². The Morgan fingerprint density at radius 3 is 2.79 bits per heavy atom. The van der Waals surface area contributed by atoms with Crippen LogP contribution < -0.4 is 4.90 Å². The van der Waals surface area contributed by atoms with Gasteiger partial charge in [-0.05, 0) is 43.9 Å². The minimum Gasteiger partial charge on any atom is -0.389 e. The number of aliphatic hydroxyl groups is 1. The van der Waals surface area contributed by atoms with Crippen molar-refractivity contribution in [2.45, 2.75) is 58.1 Å². The topological polar surface area (TPSA) is 23.5 Å². The fraction of sp³-hybridized carbons (Fsp3) is 0.625. The van der Waals surface area contributed by atoms with E-state index in [9.17, 15) is 5.11 Å². The van der Waals surface area contributed by atoms with E-state index in [0.29, 0.717) is 6.04 Å². The minimum absolute atomic E-state index is 0.461. The van der Waals surface area contributed by atoms with Gasteiger partial charge in [-0.15, -0.1) is 0 Å². The number of rotatable bonds is 3. The van der Waals surface area contributed by atoms with E-state index < -0.39 is 6.10 Å². The molecule has 2 rings (SSSR count). The first kappa shape index (κ1) is 14.7. The maximum Gasteiger partial charge on any atom is 0.0762 e. The van der Waals surface area contributed by atoms with Crippen LogP contribution in [0.25, 0.3) is 0 Å². The second-order valence-corrected chi connectivity index (χ2v) is 5.90. The molecule has 1 saturated heterocycles. The summed E-state index contributed by atoms with van der Waals surface area (Å²) in [6.45, 7) is 5.11. The average Bonchev–Trinajstić information content (AvgIpc) is 2.63. The van der Waals surface area contributed by atoms with Gasteiger partial charge in [0.2, 0.25) is 0 Å². The van der Waals surface area contributed by atoms with Gasteiger partial charge in [0.25, 0.3) is 0 Å². The summed E-state index contributed by atoms with van der Waals surface area (Å²) in [5, 5.41) is 10.4. The van der Waals surface area contributed by atoms with Crippen molar-refractivity contribution in [1.82, 2.24) is 0 Å². The summed E-state index contributed by atoms with van der Waals surface area (Å²) in [7, 11) is 0. The van der Waals surface area contributed by atoms with Gasteiger partial charge in [0.05, 0.1) is 16.8 Å². The molecule has 1 heterocycles. The van der Waals surface area contributed by atoms with Gasteiger partial charge in [0, 0.05) is 12.6 Å². The summed E-state index contributed by atoms with van der Waals surface area (Å²) in [5.74, 6) is 0. The molecule has 1 fully saturated rings. The molecule has 0 spiro atoms. The standard InChI is InChI=1S/C16H24ClNO/c1-3-14-7-5-4-6-10-18(14)16-9-8-13(12(2)19)11-15(16)17/h8-9,11-12,14,19H,3-7,10H2,1-2H3/t12-,14?/m0/s1. The van der Waals surface area contributed by atoms with E-state index in [0.717, 1.165) is 29.2 Å². The molecule has 0 saturated carbocycles. The molecule has 0 amide bonds. The number of halogens is 1. The summed E-state index contributed by atoms with van der Waals surface area (Å²) in [6, 6.07) is 6.55. The maximum atomic E-state index is 9.62. The van der Waals surface area contributed by atoms with Gasteiger partial charge in [-0.1, -0.05) is 37.4 Å². The highest BCUT2D eigenvalue weighted by atomic mass is 35.5. The normalized spacial score (nSPS) is 22.1. The largest absolute Gasteiger partial charge is 0.389 e. The Bertz CT molecular complexity index is 419. The second kappa shape index (κ2) is 6.62. The number of nitrogens with zero attached hydrogens (tertiary/aromatic N) is 1. The summed E-state index contributed by atoms with van der Waals surface area (Å²) < 4.78 is 0. The molecule has 3 heteroatoms. The maximum absolute atomic E-state index is 9.62. The molecule has 0 aliphatic carbocycles. The third kappa shape index (κ3) is 3.43. The zero-order chi connectivity index (χ0) is 13.8. The van der Waals surface area contributed by atoms with Crippen molar-refractivity contribution in [1.29, 1.82) is 0 Å². The van der Waals surface area contributed by atoms with Crippen molar-refractivity contribution < 1.29 is 5.11 Å². The first-order valence-electron chi connectivity index (χ1n) is 7.37. The molecule has 1 aliphatic rings. The smallest absolute Gasteiger partial charge is 0.0762 e. The Balaban J connectivity index is 2.28. The third-order valence-corrected chi connectivity index (χ3v) is 4.41. The zero-order valence-electron chi connectivity index (χ0n) is 11.9. The number of hydrogen-bond acceptors (Lipinski definition) is 2. The highest BCUT2D eigenvalue weighted by molar-refractivity contribution is 6.33. The quantitative estimate of drug-likeness (QED) is 0.878. The molecule has 1 aliphatic heterocycles. The van der Waals surface area contributed by atoms with Crippen LogP contribution in [0.2, 0.25) is 5.02 Å². The van der Waals surface area contributed by atoms with E-state index >= 15 is 0 Å². The molecule has 19 heavy (non-hydrogen) atoms. The molecule has 1 aromatic rings. The van der Waals surface area contributed by atoms with Crippen molar-refractivity contribution >= 4 is 17.3 Å². The first-order chi connectivity index (χ1) is 9.13. The molecular weight excluding hydrogens is 258 g/mol.